The molecule has 4 saturated carbocycles. The fourth-order valence-corrected chi connectivity index (χ4v) is 17.7. The minimum atomic E-state index is -1.47. The zero-order chi connectivity index (χ0) is 45.5. The number of nitrogens with zero attached hydrogens (tertiary/aromatic N) is 1. The zero-order valence-electron chi connectivity index (χ0n) is 38.6. The van der Waals surface area contributed by atoms with Gasteiger partial charge in [0.2, 0.25) is 0 Å². The van der Waals surface area contributed by atoms with Crippen molar-refractivity contribution in [2.45, 2.75) is 146 Å². The number of ketones is 1. The van der Waals surface area contributed by atoms with E-state index in [1.54, 1.807) is 6.26 Å². The lowest BCUT2D eigenvalue weighted by Crippen LogP contribution is -2.79. The van der Waals surface area contributed by atoms with Crippen molar-refractivity contribution in [2.24, 2.45) is 63.6 Å². The first-order valence-electron chi connectivity index (χ1n) is 25.3. The van der Waals surface area contributed by atoms with E-state index in [0.717, 1.165) is 64.6 Å². The van der Waals surface area contributed by atoms with Gasteiger partial charge in [0.1, 0.15) is 30.2 Å². The van der Waals surface area contributed by atoms with Gasteiger partial charge in [-0.15, -0.1) is 0 Å². The van der Waals surface area contributed by atoms with Crippen LogP contribution in [-0.4, -0.2) is 106 Å². The summed E-state index contributed by atoms with van der Waals surface area (Å²) in [5.41, 5.74) is -3.43. The van der Waals surface area contributed by atoms with Crippen molar-refractivity contribution in [1.29, 1.82) is 0 Å². The number of hydrogen-bond acceptors (Lipinski definition) is 13. The Morgan fingerprint density at radius 2 is 1.80 bits per heavy atom. The first kappa shape index (κ1) is 43.7. The number of esters is 2. The normalized spacial score (nSPS) is 46.0. The Balaban J connectivity index is 0.945. The average molecular weight is 909 g/mol. The summed E-state index contributed by atoms with van der Waals surface area (Å²) in [5, 5.41) is 39.1. The van der Waals surface area contributed by atoms with Crippen LogP contribution in [0.5, 0.6) is 0 Å². The summed E-state index contributed by atoms with van der Waals surface area (Å²) in [6, 6.07) is 12.8. The van der Waals surface area contributed by atoms with Gasteiger partial charge in [0.15, 0.2) is 11.9 Å². The zero-order valence-corrected chi connectivity index (χ0v) is 38.6. The van der Waals surface area contributed by atoms with E-state index >= 15 is 4.79 Å². The molecule has 1 aromatic heterocycles. The number of carbonyl (C=O) groups is 3. The van der Waals surface area contributed by atoms with E-state index in [9.17, 15) is 24.9 Å². The number of furan rings is 1. The minimum Gasteiger partial charge on any atom is -0.469 e. The number of fused-ring (bicyclic) bond motifs is 4. The van der Waals surface area contributed by atoms with E-state index in [1.165, 1.54) is 5.56 Å². The lowest BCUT2D eigenvalue weighted by atomic mass is 9.32. The number of rotatable bonds is 9. The van der Waals surface area contributed by atoms with Crippen LogP contribution in [0, 0.1) is 63.6 Å². The summed E-state index contributed by atoms with van der Waals surface area (Å²) >= 11 is 0. The lowest BCUT2D eigenvalue weighted by Gasteiger charge is -2.70. The van der Waals surface area contributed by atoms with Gasteiger partial charge in [-0.05, 0) is 124 Å². The Labute approximate surface area is 387 Å². The van der Waals surface area contributed by atoms with Crippen LogP contribution in [0.3, 0.4) is 0 Å². The fourth-order valence-electron chi connectivity index (χ4n) is 17.7. The summed E-state index contributed by atoms with van der Waals surface area (Å²) < 4.78 is 33.0. The fraction of sp³-hybridized carbons (Fsp3) is 0.717. The third kappa shape index (κ3) is 5.88. The number of ether oxygens (including phenoxy) is 4. The summed E-state index contributed by atoms with van der Waals surface area (Å²) in [6.45, 7) is 7.43. The van der Waals surface area contributed by atoms with E-state index in [-0.39, 0.29) is 61.0 Å². The summed E-state index contributed by atoms with van der Waals surface area (Å²) in [6.07, 6.45) is 9.89. The number of cyclic esters (lactones) is 2. The van der Waals surface area contributed by atoms with Crippen LogP contribution in [0.4, 0.5) is 0 Å². The molecule has 1 aromatic carbocycles. The van der Waals surface area contributed by atoms with Crippen molar-refractivity contribution in [2.75, 3.05) is 26.4 Å². The number of aliphatic hydroxyl groups is 3. The molecule has 9 fully saturated rings. The molecular formula is C53H68N2O11. The molecule has 2 spiro atoms. The smallest absolute Gasteiger partial charge is 0.339 e. The van der Waals surface area contributed by atoms with Crippen LogP contribution in [-0.2, 0) is 46.2 Å². The van der Waals surface area contributed by atoms with Gasteiger partial charge in [-0.2, -0.15) is 0 Å². The molecule has 5 saturated heterocycles. The van der Waals surface area contributed by atoms with Crippen LogP contribution in [0.1, 0.15) is 108 Å². The van der Waals surface area contributed by atoms with E-state index in [4.69, 9.17) is 23.4 Å². The highest BCUT2D eigenvalue weighted by Gasteiger charge is 2.93. The van der Waals surface area contributed by atoms with Crippen LogP contribution < -0.4 is 5.32 Å². The summed E-state index contributed by atoms with van der Waals surface area (Å²) in [4.78, 5) is 46.0. The van der Waals surface area contributed by atoms with Gasteiger partial charge in [-0.25, -0.2) is 4.79 Å². The Bertz CT molecular complexity index is 2280. The molecule has 0 bridgehead atoms. The van der Waals surface area contributed by atoms with Gasteiger partial charge in [-0.1, -0.05) is 56.2 Å². The second-order valence-electron chi connectivity index (χ2n) is 23.2. The van der Waals surface area contributed by atoms with E-state index in [0.29, 0.717) is 48.5 Å². The number of aliphatic hydroxyl groups excluding tert-OH is 3. The molecule has 2 aromatic rings. The van der Waals surface area contributed by atoms with Crippen molar-refractivity contribution >= 4 is 17.7 Å². The average Bonchev–Trinajstić information content (AvgIpc) is 3.54. The second-order valence-corrected chi connectivity index (χ2v) is 23.2. The predicted octanol–water partition coefficient (Wildman–Crippen LogP) is 5.44. The van der Waals surface area contributed by atoms with Crippen molar-refractivity contribution in [3.05, 3.63) is 71.8 Å². The maximum Gasteiger partial charge on any atom is 0.339 e. The highest BCUT2D eigenvalue weighted by atomic mass is 16.7. The van der Waals surface area contributed by atoms with Crippen LogP contribution >= 0.6 is 0 Å². The number of hydrogen-bond donors (Lipinski definition) is 4. The molecule has 66 heavy (non-hydrogen) atoms. The van der Waals surface area contributed by atoms with E-state index < -0.39 is 69.9 Å². The van der Waals surface area contributed by atoms with Crippen molar-refractivity contribution < 1.29 is 53.1 Å². The SMILES string of the molecule is CC1(C)O[C@H]2CC(=O)OC[C@@]23[C@@H]1C(=O)[C@@H](O)[C@]1([C@H]2CCC[C@@H](Cc4ccccc4)C2)[C@@H]3CC[C@@]2(C)[C@H](c3ccoc3C[C@@H]([C@H]3CC[C@@H]4[C@H](C=CN5CNC[C@@H]45)C3)[C@H](O)CO)OC(=O)[C@H]3O[C@@]312. The molecule has 18 atom stereocenters. The number of benzene rings is 1. The maximum atomic E-state index is 15.6. The lowest BCUT2D eigenvalue weighted by molar-refractivity contribution is -0.276. The maximum absolute atomic E-state index is 15.6. The van der Waals surface area contributed by atoms with Crippen molar-refractivity contribution in [1.82, 2.24) is 10.2 Å². The molecule has 12 rings (SSSR count). The number of Topliss-reactive ketones (excluding diaryl/α,β-unsaturated/α-hetero) is 1. The molecule has 356 valence electrons. The molecule has 0 amide bonds. The third-order valence-corrected chi connectivity index (χ3v) is 20.1. The molecule has 6 aliphatic heterocycles. The summed E-state index contributed by atoms with van der Waals surface area (Å²) in [5.74, 6) is -0.889. The molecule has 0 radical (unpaired) electrons. The largest absolute Gasteiger partial charge is 0.469 e. The number of epoxide rings is 1. The Morgan fingerprint density at radius 1 is 0.970 bits per heavy atom. The van der Waals surface area contributed by atoms with Crippen LogP contribution in [0.15, 0.2) is 59.4 Å². The second kappa shape index (κ2) is 15.5. The van der Waals surface area contributed by atoms with Gasteiger partial charge in [0.05, 0.1) is 49.7 Å². The topological polar surface area (TPSA) is 181 Å². The van der Waals surface area contributed by atoms with Crippen molar-refractivity contribution in [3.8, 4) is 0 Å². The quantitative estimate of drug-likeness (QED) is 0.185. The Hall–Kier alpha value is -3.59. The first-order chi connectivity index (χ1) is 31.8. The molecule has 4 aliphatic carbocycles. The van der Waals surface area contributed by atoms with Gasteiger partial charge in [0, 0.05) is 40.8 Å². The first-order valence-corrected chi connectivity index (χ1v) is 25.3. The monoisotopic (exact) mass is 908 g/mol. The number of allylic oxidation sites excluding steroid dienone is 1. The van der Waals surface area contributed by atoms with E-state index in [1.807, 2.05) is 26.0 Å². The molecule has 10 aliphatic rings. The Kier molecular flexibility index (Phi) is 10.2. The predicted molar refractivity (Wildman–Crippen MR) is 238 cm³/mol. The highest BCUT2D eigenvalue weighted by molar-refractivity contribution is 5.92. The van der Waals surface area contributed by atoms with E-state index in [2.05, 4.69) is 53.7 Å². The Morgan fingerprint density at radius 3 is 2.62 bits per heavy atom. The number of nitrogens with one attached hydrogen (secondary N) is 1. The molecule has 7 heterocycles. The van der Waals surface area contributed by atoms with Gasteiger partial charge in [-0.3, -0.25) is 14.9 Å². The third-order valence-electron chi connectivity index (χ3n) is 20.1. The molecule has 4 N–H and O–H groups in total. The van der Waals surface area contributed by atoms with Gasteiger partial charge >= 0.3 is 11.9 Å². The molecule has 13 heteroatoms. The van der Waals surface area contributed by atoms with Crippen molar-refractivity contribution in [3.63, 3.8) is 0 Å². The van der Waals surface area contributed by atoms with Crippen LogP contribution in [0.2, 0.25) is 0 Å². The summed E-state index contributed by atoms with van der Waals surface area (Å²) in [7, 11) is 0. The number of carbonyl (C=O) groups excluding carboxylic acids is 3. The van der Waals surface area contributed by atoms with Gasteiger partial charge < -0.3 is 43.6 Å². The van der Waals surface area contributed by atoms with Gasteiger partial charge in [0.25, 0.3) is 0 Å². The molecular weight excluding hydrogens is 841 g/mol. The highest BCUT2D eigenvalue weighted by Crippen LogP contribution is 2.82. The van der Waals surface area contributed by atoms with Crippen LogP contribution in [0.25, 0.3) is 0 Å². The molecule has 0 unspecified atom stereocenters. The molecule has 13 nitrogen and oxygen atoms in total. The standard InChI is InChI=1S/C53H68N2O11/c1-49(2)44-43(59)45(60)52(33-11-7-10-30(21-33)20-29-8-5-4-6-9-29)40(51(44)27-63-42(58)24-41(51)65-49)14-17-50(3)46(64-48(61)47-53(50,52)66-47)35-16-19-62-39(35)23-36(38(57)26-56)31-12-13-34-32(22-31)15-18-55-28-54-25-37(34)55/h4-6,8-9,15-16,18-19,30-34,36-38,40-41,44-47,54,56-57,60H,7,10-14,17,20-28H2,1-3H3/t30-,31-,32+,33-,34+,36-,37-,38+,40+,41-,44+,45+,46-,47+,50-,51-,52-,53+/m0/s1. The minimum absolute atomic E-state index is 0.00971.